The lowest BCUT2D eigenvalue weighted by Gasteiger charge is -2.29. The summed E-state index contributed by atoms with van der Waals surface area (Å²) in [6.07, 6.45) is 2.48. The van der Waals surface area contributed by atoms with Crippen LogP contribution in [0.4, 0.5) is 5.69 Å². The molecule has 0 aliphatic carbocycles. The molecule has 0 bridgehead atoms. The molecule has 1 atom stereocenters. The number of fused-ring (bicyclic) bond motifs is 1. The highest BCUT2D eigenvalue weighted by atomic mass is 127. The van der Waals surface area contributed by atoms with Gasteiger partial charge < -0.3 is 20.3 Å². The number of halogens is 1. The Hall–Kier alpha value is -1.56. The minimum atomic E-state index is -2.97. The zero-order chi connectivity index (χ0) is 19.9. The number of benzene rings is 1. The smallest absolute Gasteiger partial charge is 0.265 e. The first-order valence-corrected chi connectivity index (χ1v) is 11.0. The van der Waals surface area contributed by atoms with Crippen LogP contribution in [0.15, 0.2) is 29.3 Å². The molecule has 10 heteroatoms. The van der Waals surface area contributed by atoms with Gasteiger partial charge in [0.2, 0.25) is 0 Å². The molecule has 28 heavy (non-hydrogen) atoms. The highest BCUT2D eigenvalue weighted by molar-refractivity contribution is 14.0. The van der Waals surface area contributed by atoms with Gasteiger partial charge in [-0.15, -0.1) is 24.0 Å². The van der Waals surface area contributed by atoms with Gasteiger partial charge in [-0.1, -0.05) is 12.1 Å². The summed E-state index contributed by atoms with van der Waals surface area (Å²) >= 11 is 0. The summed E-state index contributed by atoms with van der Waals surface area (Å²) in [5.74, 6) is 1.43. The van der Waals surface area contributed by atoms with E-state index in [2.05, 4.69) is 15.6 Å². The number of hydrogen-bond acceptors (Lipinski definition) is 5. The van der Waals surface area contributed by atoms with Crippen LogP contribution in [0.25, 0.3) is 0 Å². The maximum Gasteiger partial charge on any atom is 0.265 e. The van der Waals surface area contributed by atoms with Gasteiger partial charge >= 0.3 is 0 Å². The van der Waals surface area contributed by atoms with Gasteiger partial charge in [-0.05, 0) is 31.9 Å². The molecular formula is C18H29IN4O4S. The van der Waals surface area contributed by atoms with Gasteiger partial charge in [0, 0.05) is 32.4 Å². The summed E-state index contributed by atoms with van der Waals surface area (Å²) in [5.41, 5.74) is 0.797. The van der Waals surface area contributed by atoms with Gasteiger partial charge in [-0.3, -0.25) is 9.79 Å². The van der Waals surface area contributed by atoms with Gasteiger partial charge in [0.1, 0.15) is 15.6 Å². The topological polar surface area (TPSA) is 100 Å². The minimum Gasteiger partial charge on any atom is -0.482 e. The Morgan fingerprint density at radius 3 is 2.75 bits per heavy atom. The SMILES string of the molecule is CN=C(NCCCN1C(=O)COc2ccccc21)NC(C)CCS(C)(=O)=O.I. The number of aliphatic imine (C=N–C) groups is 1. The maximum atomic E-state index is 12.1. The number of hydrogen-bond donors (Lipinski definition) is 2. The Labute approximate surface area is 184 Å². The van der Waals surface area contributed by atoms with E-state index in [0.717, 1.165) is 17.9 Å². The third kappa shape index (κ3) is 7.82. The first-order chi connectivity index (χ1) is 12.8. The number of guanidine groups is 1. The lowest BCUT2D eigenvalue weighted by Crippen LogP contribution is -2.44. The summed E-state index contributed by atoms with van der Waals surface area (Å²) in [5, 5.41) is 6.37. The second kappa shape index (κ2) is 11.4. The number of ether oxygens (including phenoxy) is 1. The number of nitrogens with zero attached hydrogens (tertiary/aromatic N) is 2. The molecular weight excluding hydrogens is 495 g/mol. The van der Waals surface area contributed by atoms with Crippen LogP contribution < -0.4 is 20.3 Å². The Balaban J connectivity index is 0.00000392. The van der Waals surface area contributed by atoms with Crippen molar-refractivity contribution in [3.05, 3.63) is 24.3 Å². The zero-order valence-electron chi connectivity index (χ0n) is 16.5. The zero-order valence-corrected chi connectivity index (χ0v) is 19.6. The Bertz CT molecular complexity index is 786. The van der Waals surface area contributed by atoms with Gasteiger partial charge in [-0.2, -0.15) is 0 Å². The molecule has 1 aromatic carbocycles. The van der Waals surface area contributed by atoms with E-state index in [4.69, 9.17) is 4.74 Å². The van der Waals surface area contributed by atoms with Crippen LogP contribution in [-0.2, 0) is 14.6 Å². The van der Waals surface area contributed by atoms with Crippen LogP contribution in [0.3, 0.4) is 0 Å². The van der Waals surface area contributed by atoms with Crippen molar-refractivity contribution in [3.63, 3.8) is 0 Å². The number of para-hydroxylation sites is 2. The van der Waals surface area contributed by atoms with Gasteiger partial charge in [-0.25, -0.2) is 8.42 Å². The van der Waals surface area contributed by atoms with Crippen molar-refractivity contribution in [3.8, 4) is 5.75 Å². The fraction of sp³-hybridized carbons (Fsp3) is 0.556. The van der Waals surface area contributed by atoms with Crippen molar-refractivity contribution in [2.45, 2.75) is 25.8 Å². The average Bonchev–Trinajstić information content (AvgIpc) is 2.63. The second-order valence-corrected chi connectivity index (χ2v) is 8.88. The number of carbonyl (C=O) groups excluding carboxylic acids is 1. The molecule has 2 rings (SSSR count). The highest BCUT2D eigenvalue weighted by Crippen LogP contribution is 2.31. The molecule has 158 valence electrons. The standard InChI is InChI=1S/C18H28N4O4S.HI/c1-14(9-12-27(3,24)25)21-18(19-2)20-10-6-11-22-15-7-4-5-8-16(15)26-13-17(22)23;/h4-5,7-8,14H,6,9-13H2,1-3H3,(H2,19,20,21);1H. The molecule has 8 nitrogen and oxygen atoms in total. The molecule has 1 aliphatic rings. The average molecular weight is 524 g/mol. The van der Waals surface area contributed by atoms with Crippen LogP contribution in [0, 0.1) is 0 Å². The number of nitrogens with one attached hydrogen (secondary N) is 2. The first kappa shape index (κ1) is 24.5. The minimum absolute atomic E-state index is 0. The number of carbonyl (C=O) groups is 1. The van der Waals surface area contributed by atoms with Crippen molar-refractivity contribution < 1.29 is 17.9 Å². The summed E-state index contributed by atoms with van der Waals surface area (Å²) < 4.78 is 27.9. The summed E-state index contributed by atoms with van der Waals surface area (Å²) in [6.45, 7) is 3.19. The largest absolute Gasteiger partial charge is 0.482 e. The highest BCUT2D eigenvalue weighted by Gasteiger charge is 2.24. The van der Waals surface area contributed by atoms with E-state index in [1.165, 1.54) is 6.26 Å². The third-order valence-electron chi connectivity index (χ3n) is 4.19. The molecule has 0 spiro atoms. The molecule has 1 heterocycles. The summed E-state index contributed by atoms with van der Waals surface area (Å²) in [6, 6.07) is 7.49. The van der Waals surface area contributed by atoms with E-state index < -0.39 is 9.84 Å². The quantitative estimate of drug-likeness (QED) is 0.231. The second-order valence-electron chi connectivity index (χ2n) is 6.62. The molecule has 0 aromatic heterocycles. The summed E-state index contributed by atoms with van der Waals surface area (Å²) in [4.78, 5) is 18.0. The molecule has 0 fully saturated rings. The lowest BCUT2D eigenvalue weighted by atomic mass is 10.2. The van der Waals surface area contributed by atoms with Crippen molar-refractivity contribution >= 4 is 51.4 Å². The lowest BCUT2D eigenvalue weighted by molar-refractivity contribution is -0.121. The fourth-order valence-electron chi connectivity index (χ4n) is 2.73. The predicted molar refractivity (Wildman–Crippen MR) is 123 cm³/mol. The van der Waals surface area contributed by atoms with Crippen molar-refractivity contribution in [2.75, 3.05) is 43.7 Å². The molecule has 1 aliphatic heterocycles. The van der Waals surface area contributed by atoms with Crippen molar-refractivity contribution in [1.82, 2.24) is 10.6 Å². The predicted octanol–water partition coefficient (Wildman–Crippen LogP) is 1.41. The Kier molecular flexibility index (Phi) is 10.0. The number of amides is 1. The van der Waals surface area contributed by atoms with Crippen LogP contribution in [0.2, 0.25) is 0 Å². The molecule has 0 saturated carbocycles. The fourth-order valence-corrected chi connectivity index (χ4v) is 3.52. The molecule has 0 saturated heterocycles. The first-order valence-electron chi connectivity index (χ1n) is 8.97. The van der Waals surface area contributed by atoms with E-state index >= 15 is 0 Å². The van der Waals surface area contributed by atoms with Crippen LogP contribution >= 0.6 is 24.0 Å². The van der Waals surface area contributed by atoms with Crippen LogP contribution in [-0.4, -0.2) is 65.1 Å². The summed E-state index contributed by atoms with van der Waals surface area (Å²) in [7, 11) is -1.31. The Morgan fingerprint density at radius 2 is 2.07 bits per heavy atom. The normalized spacial score (nSPS) is 15.2. The van der Waals surface area contributed by atoms with Crippen molar-refractivity contribution in [2.24, 2.45) is 4.99 Å². The van der Waals surface area contributed by atoms with Gasteiger partial charge in [0.15, 0.2) is 12.6 Å². The van der Waals surface area contributed by atoms with Crippen LogP contribution in [0.5, 0.6) is 5.75 Å². The van der Waals surface area contributed by atoms with E-state index in [1.54, 1.807) is 11.9 Å². The van der Waals surface area contributed by atoms with Gasteiger partial charge in [0.05, 0.1) is 11.4 Å². The van der Waals surface area contributed by atoms with E-state index in [1.807, 2.05) is 31.2 Å². The molecule has 2 N–H and O–H groups in total. The van der Waals surface area contributed by atoms with E-state index in [-0.39, 0.29) is 48.3 Å². The maximum absolute atomic E-state index is 12.1. The molecule has 1 unspecified atom stereocenters. The third-order valence-corrected chi connectivity index (χ3v) is 5.16. The Morgan fingerprint density at radius 1 is 1.36 bits per heavy atom. The number of rotatable bonds is 8. The molecule has 1 aromatic rings. The number of sulfone groups is 1. The van der Waals surface area contributed by atoms with Crippen LogP contribution in [0.1, 0.15) is 19.8 Å². The monoisotopic (exact) mass is 524 g/mol. The molecule has 1 amide bonds. The molecule has 0 radical (unpaired) electrons. The number of anilines is 1. The van der Waals surface area contributed by atoms with E-state index in [0.29, 0.717) is 25.5 Å². The van der Waals surface area contributed by atoms with Crippen molar-refractivity contribution in [1.29, 1.82) is 0 Å². The van der Waals surface area contributed by atoms with Gasteiger partial charge in [0.25, 0.3) is 5.91 Å². The van der Waals surface area contributed by atoms with E-state index in [9.17, 15) is 13.2 Å².